The fourth-order valence-electron chi connectivity index (χ4n) is 9.00. The lowest BCUT2D eigenvalue weighted by molar-refractivity contribution is -0.136. The molecule has 5 aliphatic rings. The fraction of sp³-hybridized carbons (Fsp3) is 0.465. The number of carbonyl (C=O) groups is 5. The van der Waals surface area contributed by atoms with Crippen molar-refractivity contribution in [2.75, 3.05) is 54.9 Å². The molecule has 0 radical (unpaired) electrons. The van der Waals surface area contributed by atoms with Gasteiger partial charge < -0.3 is 29.7 Å². The number of halogens is 1. The van der Waals surface area contributed by atoms with Gasteiger partial charge in [0.25, 0.3) is 11.8 Å². The number of rotatable bonds is 9. The molecule has 4 fully saturated rings. The Hall–Kier alpha value is -5.72. The van der Waals surface area contributed by atoms with Crippen LogP contribution in [0, 0.1) is 17.2 Å². The van der Waals surface area contributed by atoms with Crippen LogP contribution in [-0.2, 0) is 9.59 Å². The van der Waals surface area contributed by atoms with Gasteiger partial charge in [0.05, 0.1) is 33.6 Å². The first-order valence-electron chi connectivity index (χ1n) is 20.3. The predicted octanol–water partition coefficient (Wildman–Crippen LogP) is 4.90. The number of piperazine rings is 1. The van der Waals surface area contributed by atoms with Crippen LogP contribution >= 0.6 is 11.6 Å². The first-order valence-corrected chi connectivity index (χ1v) is 20.7. The highest BCUT2D eigenvalue weighted by Crippen LogP contribution is 2.35. The SMILES string of the molecule is C[C@@H]1CN(c2ccc(C#N)c(Cl)c2)[C@@H](C)CN1C(=O)Nc1ccc(N2CCC(CN(C)[C@H]3C[C@H](Oc4ccc5c(c4)C(=O)N(C4CCC(=O)NC4=O)C5=O)C3)CC2)nc1. The monoisotopic (exact) mass is 821 g/mol. The summed E-state index contributed by atoms with van der Waals surface area (Å²) in [5.41, 5.74) is 2.48. The summed E-state index contributed by atoms with van der Waals surface area (Å²) in [4.78, 5) is 78.0. The number of imide groups is 2. The van der Waals surface area contributed by atoms with Crippen LogP contribution in [0.2, 0.25) is 5.02 Å². The molecule has 4 aliphatic heterocycles. The van der Waals surface area contributed by atoms with E-state index in [0.29, 0.717) is 47.1 Å². The number of amides is 6. The number of aromatic nitrogens is 1. The van der Waals surface area contributed by atoms with E-state index in [1.807, 2.05) is 36.1 Å². The minimum absolute atomic E-state index is 0.00283. The first-order chi connectivity index (χ1) is 28.4. The molecule has 2 aromatic carbocycles. The van der Waals surface area contributed by atoms with E-state index in [-0.39, 0.29) is 48.2 Å². The minimum atomic E-state index is -0.999. The van der Waals surface area contributed by atoms with Gasteiger partial charge in [-0.05, 0) is 94.6 Å². The number of pyridine rings is 1. The molecule has 15 nitrogen and oxygen atoms in total. The van der Waals surface area contributed by atoms with Gasteiger partial charge in [-0.3, -0.25) is 29.4 Å². The average Bonchev–Trinajstić information content (AvgIpc) is 3.45. The van der Waals surface area contributed by atoms with Gasteiger partial charge in [0.2, 0.25) is 11.8 Å². The number of nitriles is 1. The standard InChI is InChI=1S/C43H48ClN9O6/c1-25-23-52(26(2)22-51(25)30-6-4-28(20-45)36(44)18-30)43(58)47-29-5-10-38(46-21-29)50-14-12-27(13-15-50)24-49(3)31-16-33(17-31)59-32-7-8-34-35(19-32)42(57)53(41(34)56)37-9-11-39(54)48-40(37)55/h4-8,10,18-19,21,25-27,31,33,37H,9,11-17,22-24H2,1-3H3,(H,47,58)(H,48,54,55)/t25-,26+,31-,33-,37?/m0/s1. The van der Waals surface area contributed by atoms with Crippen molar-refractivity contribution in [2.45, 2.75) is 82.6 Å². The number of urea groups is 1. The summed E-state index contributed by atoms with van der Waals surface area (Å²) in [6.45, 7) is 8.06. The van der Waals surface area contributed by atoms with Gasteiger partial charge in [0.15, 0.2) is 0 Å². The Morgan fingerprint density at radius 3 is 2.44 bits per heavy atom. The second kappa shape index (κ2) is 16.5. The third kappa shape index (κ3) is 8.16. The molecule has 59 heavy (non-hydrogen) atoms. The van der Waals surface area contributed by atoms with Gasteiger partial charge in [-0.1, -0.05) is 11.6 Å². The summed E-state index contributed by atoms with van der Waals surface area (Å²) in [5, 5.41) is 14.9. The molecule has 16 heteroatoms. The highest BCUT2D eigenvalue weighted by molar-refractivity contribution is 6.32. The van der Waals surface area contributed by atoms with Crippen LogP contribution < -0.4 is 25.2 Å². The maximum absolute atomic E-state index is 13.4. The maximum Gasteiger partial charge on any atom is 0.322 e. The van der Waals surface area contributed by atoms with Gasteiger partial charge in [0.1, 0.15) is 29.8 Å². The number of ether oxygens (including phenoxy) is 1. The van der Waals surface area contributed by atoms with Crippen LogP contribution in [0.15, 0.2) is 54.7 Å². The molecule has 0 bridgehead atoms. The zero-order chi connectivity index (χ0) is 41.5. The van der Waals surface area contributed by atoms with Gasteiger partial charge in [-0.2, -0.15) is 5.26 Å². The van der Waals surface area contributed by atoms with Crippen LogP contribution in [-0.4, -0.2) is 119 Å². The third-order valence-corrected chi connectivity index (χ3v) is 12.9. The average molecular weight is 822 g/mol. The number of piperidine rings is 2. The molecule has 0 spiro atoms. The molecule has 1 saturated carbocycles. The number of carbonyl (C=O) groups excluding carboxylic acids is 5. The Morgan fingerprint density at radius 2 is 1.75 bits per heavy atom. The van der Waals surface area contributed by atoms with Crippen LogP contribution in [0.1, 0.15) is 78.7 Å². The van der Waals surface area contributed by atoms with E-state index in [0.717, 1.165) is 61.7 Å². The van der Waals surface area contributed by atoms with E-state index in [9.17, 15) is 29.2 Å². The van der Waals surface area contributed by atoms with Crippen molar-refractivity contribution in [3.8, 4) is 11.8 Å². The number of hydrogen-bond acceptors (Lipinski definition) is 11. The van der Waals surface area contributed by atoms with Gasteiger partial charge in [-0.15, -0.1) is 0 Å². The quantitative estimate of drug-likeness (QED) is 0.282. The number of nitrogens with zero attached hydrogens (tertiary/aromatic N) is 7. The summed E-state index contributed by atoms with van der Waals surface area (Å²) in [6, 6.07) is 15.5. The van der Waals surface area contributed by atoms with Gasteiger partial charge >= 0.3 is 6.03 Å². The Balaban J connectivity index is 0.759. The number of hydrogen-bond donors (Lipinski definition) is 2. The highest BCUT2D eigenvalue weighted by atomic mass is 35.5. The summed E-state index contributed by atoms with van der Waals surface area (Å²) >= 11 is 6.30. The number of anilines is 3. The molecule has 1 unspecified atom stereocenters. The molecule has 3 aromatic rings. The number of nitrogens with one attached hydrogen (secondary N) is 2. The van der Waals surface area contributed by atoms with Crippen molar-refractivity contribution < 1.29 is 28.7 Å². The Morgan fingerprint density at radius 1 is 0.983 bits per heavy atom. The molecule has 2 N–H and O–H groups in total. The topological polar surface area (TPSA) is 172 Å². The molecule has 1 aliphatic carbocycles. The zero-order valence-corrected chi connectivity index (χ0v) is 34.2. The van der Waals surface area contributed by atoms with E-state index in [1.54, 1.807) is 30.5 Å². The van der Waals surface area contributed by atoms with Crippen molar-refractivity contribution in [2.24, 2.45) is 5.92 Å². The molecule has 3 saturated heterocycles. The molecule has 1 aromatic heterocycles. The van der Waals surface area contributed by atoms with E-state index >= 15 is 0 Å². The molecule has 3 atom stereocenters. The molecular formula is C43H48ClN9O6. The lowest BCUT2D eigenvalue weighted by Gasteiger charge is -2.45. The van der Waals surface area contributed by atoms with Crippen molar-refractivity contribution in [1.82, 2.24) is 25.0 Å². The van der Waals surface area contributed by atoms with E-state index in [2.05, 4.69) is 45.4 Å². The van der Waals surface area contributed by atoms with Gasteiger partial charge in [0, 0.05) is 75.8 Å². The van der Waals surface area contributed by atoms with E-state index < -0.39 is 29.7 Å². The normalized spacial score (nSPS) is 24.8. The van der Waals surface area contributed by atoms with Gasteiger partial charge in [-0.25, -0.2) is 9.78 Å². The molecule has 308 valence electrons. The third-order valence-electron chi connectivity index (χ3n) is 12.5. The molecule has 5 heterocycles. The smallest absolute Gasteiger partial charge is 0.322 e. The second-order valence-electron chi connectivity index (χ2n) is 16.5. The Kier molecular flexibility index (Phi) is 11.2. The lowest BCUT2D eigenvalue weighted by Crippen LogP contribution is -2.59. The molecular weight excluding hydrogens is 774 g/mol. The number of benzene rings is 2. The second-order valence-corrected chi connectivity index (χ2v) is 16.9. The highest BCUT2D eigenvalue weighted by Gasteiger charge is 2.45. The van der Waals surface area contributed by atoms with Crippen molar-refractivity contribution in [3.05, 3.63) is 76.4 Å². The van der Waals surface area contributed by atoms with Crippen molar-refractivity contribution in [1.29, 1.82) is 5.26 Å². The fourth-order valence-corrected chi connectivity index (χ4v) is 9.21. The maximum atomic E-state index is 13.4. The van der Waals surface area contributed by atoms with Crippen molar-refractivity contribution in [3.63, 3.8) is 0 Å². The number of fused-ring (bicyclic) bond motifs is 1. The van der Waals surface area contributed by atoms with E-state index in [1.165, 1.54) is 0 Å². The van der Waals surface area contributed by atoms with Crippen LogP contribution in [0.5, 0.6) is 5.75 Å². The Labute approximate surface area is 348 Å². The minimum Gasteiger partial charge on any atom is -0.490 e. The lowest BCUT2D eigenvalue weighted by atomic mass is 9.86. The largest absolute Gasteiger partial charge is 0.490 e. The van der Waals surface area contributed by atoms with Crippen LogP contribution in [0.4, 0.5) is 22.0 Å². The predicted molar refractivity (Wildman–Crippen MR) is 221 cm³/mol. The van der Waals surface area contributed by atoms with Crippen LogP contribution in [0.3, 0.4) is 0 Å². The van der Waals surface area contributed by atoms with E-state index in [4.69, 9.17) is 21.3 Å². The molecule has 6 amide bonds. The zero-order valence-electron chi connectivity index (χ0n) is 33.4. The summed E-state index contributed by atoms with van der Waals surface area (Å²) in [5.74, 6) is -0.139. The summed E-state index contributed by atoms with van der Waals surface area (Å²) in [7, 11) is 2.16. The van der Waals surface area contributed by atoms with Crippen LogP contribution in [0.25, 0.3) is 0 Å². The van der Waals surface area contributed by atoms with Crippen molar-refractivity contribution >= 4 is 58.5 Å². The molecule has 8 rings (SSSR count). The summed E-state index contributed by atoms with van der Waals surface area (Å²) < 4.78 is 6.22. The Bertz CT molecular complexity index is 2200. The summed E-state index contributed by atoms with van der Waals surface area (Å²) in [6.07, 6.45) is 5.72. The first kappa shape index (κ1) is 40.1.